The monoisotopic (exact) mass is 364 g/mol. The van der Waals surface area contributed by atoms with E-state index in [1.165, 1.54) is 6.08 Å². The Morgan fingerprint density at radius 3 is 2.78 bits per heavy atom. The van der Waals surface area contributed by atoms with E-state index < -0.39 is 0 Å². The van der Waals surface area contributed by atoms with Crippen LogP contribution < -0.4 is 14.8 Å². The first-order valence-electron chi connectivity index (χ1n) is 8.31. The third-order valence-corrected chi connectivity index (χ3v) is 3.90. The first-order chi connectivity index (χ1) is 13.2. The number of rotatable bonds is 7. The fourth-order valence-corrected chi connectivity index (χ4v) is 2.45. The molecule has 0 aliphatic carbocycles. The van der Waals surface area contributed by atoms with Crippen molar-refractivity contribution in [2.45, 2.75) is 6.54 Å². The summed E-state index contributed by atoms with van der Waals surface area (Å²) in [4.78, 5) is 20.4. The predicted octanol–water partition coefficient (Wildman–Crippen LogP) is 2.61. The Morgan fingerprint density at radius 1 is 1.22 bits per heavy atom. The number of ether oxygens (including phenoxy) is 2. The molecule has 0 atom stereocenters. The van der Waals surface area contributed by atoms with Crippen molar-refractivity contribution >= 4 is 12.0 Å². The maximum Gasteiger partial charge on any atom is 0.244 e. The minimum absolute atomic E-state index is 0.210. The van der Waals surface area contributed by atoms with Crippen LogP contribution in [0.1, 0.15) is 11.1 Å². The maximum absolute atomic E-state index is 12.1. The summed E-state index contributed by atoms with van der Waals surface area (Å²) in [7, 11) is 3.17. The Bertz CT molecular complexity index is 919. The van der Waals surface area contributed by atoms with Gasteiger partial charge in [0.25, 0.3) is 0 Å². The van der Waals surface area contributed by atoms with Crippen LogP contribution in [0.4, 0.5) is 0 Å². The van der Waals surface area contributed by atoms with Gasteiger partial charge >= 0.3 is 0 Å². The molecule has 1 N–H and O–H groups in total. The van der Waals surface area contributed by atoms with E-state index >= 15 is 0 Å². The van der Waals surface area contributed by atoms with Crippen LogP contribution in [-0.2, 0) is 11.3 Å². The molecule has 1 aromatic carbocycles. The highest BCUT2D eigenvalue weighted by Gasteiger charge is 2.04. The molecule has 0 bridgehead atoms. The summed E-state index contributed by atoms with van der Waals surface area (Å²) in [6.07, 6.45) is 10.1. The number of imidazole rings is 1. The number of aromatic nitrogens is 3. The lowest BCUT2D eigenvalue weighted by atomic mass is 10.1. The normalized spacial score (nSPS) is 10.7. The minimum Gasteiger partial charge on any atom is -0.497 e. The van der Waals surface area contributed by atoms with Crippen LogP contribution in [0.3, 0.4) is 0 Å². The molecular formula is C20H20N4O3. The van der Waals surface area contributed by atoms with Gasteiger partial charge in [-0.25, -0.2) is 9.97 Å². The van der Waals surface area contributed by atoms with E-state index in [4.69, 9.17) is 9.47 Å². The molecule has 0 aliphatic heterocycles. The van der Waals surface area contributed by atoms with Crippen LogP contribution >= 0.6 is 0 Å². The van der Waals surface area contributed by atoms with Crippen molar-refractivity contribution in [1.29, 1.82) is 0 Å². The van der Waals surface area contributed by atoms with E-state index in [1.807, 2.05) is 22.9 Å². The van der Waals surface area contributed by atoms with E-state index in [-0.39, 0.29) is 5.91 Å². The molecule has 0 saturated carbocycles. The summed E-state index contributed by atoms with van der Waals surface area (Å²) in [5.41, 5.74) is 1.66. The van der Waals surface area contributed by atoms with Gasteiger partial charge in [-0.15, -0.1) is 0 Å². The fourth-order valence-electron chi connectivity index (χ4n) is 2.45. The Hall–Kier alpha value is -3.61. The molecule has 3 rings (SSSR count). The van der Waals surface area contributed by atoms with E-state index in [2.05, 4.69) is 15.3 Å². The fraction of sp³-hybridized carbons (Fsp3) is 0.150. The Morgan fingerprint density at radius 2 is 2.11 bits per heavy atom. The third-order valence-electron chi connectivity index (χ3n) is 3.90. The molecule has 2 heterocycles. The number of carbonyl (C=O) groups excluding carboxylic acids is 1. The number of nitrogens with zero attached hydrogens (tertiary/aromatic N) is 3. The van der Waals surface area contributed by atoms with Crippen molar-refractivity contribution in [1.82, 2.24) is 19.9 Å². The van der Waals surface area contributed by atoms with Crippen LogP contribution in [0.25, 0.3) is 11.9 Å². The van der Waals surface area contributed by atoms with Crippen molar-refractivity contribution in [3.05, 3.63) is 72.5 Å². The molecule has 1 amide bonds. The van der Waals surface area contributed by atoms with E-state index in [0.29, 0.717) is 18.0 Å². The van der Waals surface area contributed by atoms with Gasteiger partial charge in [-0.3, -0.25) is 9.36 Å². The third kappa shape index (κ3) is 4.72. The zero-order valence-electron chi connectivity index (χ0n) is 15.1. The van der Waals surface area contributed by atoms with Gasteiger partial charge in [0.05, 0.1) is 14.2 Å². The number of benzene rings is 1. The quantitative estimate of drug-likeness (QED) is 0.652. The van der Waals surface area contributed by atoms with Gasteiger partial charge in [-0.05, 0) is 35.9 Å². The Kier molecular flexibility index (Phi) is 5.84. The number of carbonyl (C=O) groups is 1. The van der Waals surface area contributed by atoms with Gasteiger partial charge in [0, 0.05) is 36.8 Å². The smallest absolute Gasteiger partial charge is 0.244 e. The lowest BCUT2D eigenvalue weighted by Crippen LogP contribution is -2.20. The summed E-state index contributed by atoms with van der Waals surface area (Å²) in [5, 5.41) is 2.83. The van der Waals surface area contributed by atoms with Crippen LogP contribution in [0.15, 0.2) is 61.3 Å². The van der Waals surface area contributed by atoms with Crippen LogP contribution in [0, 0.1) is 0 Å². The molecule has 0 saturated heterocycles. The molecule has 0 unspecified atom stereocenters. The first-order valence-corrected chi connectivity index (χ1v) is 8.31. The molecular weight excluding hydrogens is 344 g/mol. The van der Waals surface area contributed by atoms with Crippen molar-refractivity contribution in [2.75, 3.05) is 14.2 Å². The second-order valence-corrected chi connectivity index (χ2v) is 5.65. The van der Waals surface area contributed by atoms with Crippen molar-refractivity contribution < 1.29 is 14.3 Å². The number of nitrogens with one attached hydrogen (secondary N) is 1. The highest BCUT2D eigenvalue weighted by Crippen LogP contribution is 2.24. The van der Waals surface area contributed by atoms with Gasteiger partial charge in [-0.2, -0.15) is 0 Å². The van der Waals surface area contributed by atoms with Crippen molar-refractivity contribution in [3.8, 4) is 17.3 Å². The molecule has 3 aromatic rings. The van der Waals surface area contributed by atoms with Crippen LogP contribution in [0.5, 0.6) is 11.5 Å². The number of amides is 1. The lowest BCUT2D eigenvalue weighted by Gasteiger charge is -2.07. The highest BCUT2D eigenvalue weighted by atomic mass is 16.5. The topological polar surface area (TPSA) is 78.3 Å². The van der Waals surface area contributed by atoms with E-state index in [0.717, 1.165) is 16.9 Å². The van der Waals surface area contributed by atoms with Crippen LogP contribution in [-0.4, -0.2) is 34.7 Å². The molecule has 7 nitrogen and oxygen atoms in total. The van der Waals surface area contributed by atoms with Gasteiger partial charge in [0.15, 0.2) is 0 Å². The zero-order valence-corrected chi connectivity index (χ0v) is 15.1. The minimum atomic E-state index is -0.210. The number of methoxy groups -OCH3 is 2. The summed E-state index contributed by atoms with van der Waals surface area (Å²) >= 11 is 0. The van der Waals surface area contributed by atoms with Gasteiger partial charge < -0.3 is 14.8 Å². The summed E-state index contributed by atoms with van der Waals surface area (Å²) in [6.45, 7) is 0.385. The standard InChI is InChI=1S/C20H20N4O3/c1-26-17-5-6-18(27-2)16(11-17)4-8-20(25)23-13-15-3-7-19(22-12-15)24-10-9-21-14-24/h3-12,14H,13H2,1-2H3,(H,23,25)/b8-4+. The first kappa shape index (κ1) is 18.2. The second kappa shape index (κ2) is 8.66. The number of hydrogen-bond acceptors (Lipinski definition) is 5. The summed E-state index contributed by atoms with van der Waals surface area (Å²) in [5.74, 6) is 1.92. The number of hydrogen-bond donors (Lipinski definition) is 1. The molecule has 7 heteroatoms. The van der Waals surface area contributed by atoms with Crippen molar-refractivity contribution in [3.63, 3.8) is 0 Å². The Balaban J connectivity index is 1.59. The highest BCUT2D eigenvalue weighted by molar-refractivity contribution is 5.92. The molecule has 0 radical (unpaired) electrons. The lowest BCUT2D eigenvalue weighted by molar-refractivity contribution is -0.116. The summed E-state index contributed by atoms with van der Waals surface area (Å²) in [6, 6.07) is 9.19. The molecule has 138 valence electrons. The Labute approximate surface area is 157 Å². The molecule has 2 aromatic heterocycles. The zero-order chi connectivity index (χ0) is 19.1. The van der Waals surface area contributed by atoms with Gasteiger partial charge in [0.1, 0.15) is 23.6 Å². The average Bonchev–Trinajstić information content (AvgIpc) is 3.25. The van der Waals surface area contributed by atoms with E-state index in [1.54, 1.807) is 57.2 Å². The average molecular weight is 364 g/mol. The summed E-state index contributed by atoms with van der Waals surface area (Å²) < 4.78 is 12.3. The molecule has 0 fully saturated rings. The second-order valence-electron chi connectivity index (χ2n) is 5.65. The van der Waals surface area contributed by atoms with Gasteiger partial charge in [0.2, 0.25) is 5.91 Å². The number of pyridine rings is 1. The molecule has 0 spiro atoms. The van der Waals surface area contributed by atoms with Gasteiger partial charge in [-0.1, -0.05) is 6.07 Å². The van der Waals surface area contributed by atoms with Crippen LogP contribution in [0.2, 0.25) is 0 Å². The predicted molar refractivity (Wildman–Crippen MR) is 102 cm³/mol. The maximum atomic E-state index is 12.1. The SMILES string of the molecule is COc1ccc(OC)c(/C=C/C(=O)NCc2ccc(-n3ccnc3)nc2)c1. The molecule has 27 heavy (non-hydrogen) atoms. The van der Waals surface area contributed by atoms with Crippen molar-refractivity contribution in [2.24, 2.45) is 0 Å². The largest absolute Gasteiger partial charge is 0.497 e. The van der Waals surface area contributed by atoms with E-state index in [9.17, 15) is 4.79 Å². The molecule has 0 aliphatic rings.